The number of carbonyl (C=O) groups is 3. The van der Waals surface area contributed by atoms with Crippen LogP contribution in [0.5, 0.6) is 0 Å². The van der Waals surface area contributed by atoms with Crippen molar-refractivity contribution < 1.29 is 24.2 Å². The Bertz CT molecular complexity index is 1180. The van der Waals surface area contributed by atoms with Crippen LogP contribution in [0.1, 0.15) is 52.9 Å². The topological polar surface area (TPSA) is 118 Å². The summed E-state index contributed by atoms with van der Waals surface area (Å²) in [4.78, 5) is 39.9. The van der Waals surface area contributed by atoms with Crippen molar-refractivity contribution in [2.45, 2.75) is 32.1 Å². The lowest BCUT2D eigenvalue weighted by molar-refractivity contribution is -0.137. The lowest BCUT2D eigenvalue weighted by Crippen LogP contribution is -2.25. The van der Waals surface area contributed by atoms with Crippen molar-refractivity contribution in [3.63, 3.8) is 0 Å². The summed E-state index contributed by atoms with van der Waals surface area (Å²) in [6, 6.07) is 16.2. The van der Waals surface area contributed by atoms with E-state index in [0.29, 0.717) is 24.3 Å². The molecule has 3 N–H and O–H groups in total. The molecule has 0 saturated carbocycles. The van der Waals surface area contributed by atoms with Crippen LogP contribution in [0, 0.1) is 5.92 Å². The van der Waals surface area contributed by atoms with E-state index in [1.807, 2.05) is 31.2 Å². The minimum absolute atomic E-state index is 0.0383. The number of carboxylic acid groups (broad SMARTS) is 1. The molecule has 0 fully saturated rings. The van der Waals surface area contributed by atoms with E-state index in [0.717, 1.165) is 33.6 Å². The van der Waals surface area contributed by atoms with E-state index in [1.165, 1.54) is 6.20 Å². The van der Waals surface area contributed by atoms with Gasteiger partial charge in [-0.05, 0) is 41.0 Å². The van der Waals surface area contributed by atoms with Crippen LogP contribution in [-0.2, 0) is 9.53 Å². The highest BCUT2D eigenvalue weighted by Crippen LogP contribution is 2.44. The van der Waals surface area contributed by atoms with Crippen molar-refractivity contribution in [3.05, 3.63) is 70.7 Å². The summed E-state index contributed by atoms with van der Waals surface area (Å²) in [5, 5.41) is 14.4. The van der Waals surface area contributed by atoms with Gasteiger partial charge in [-0.2, -0.15) is 0 Å². The minimum Gasteiger partial charge on any atom is -0.481 e. The minimum atomic E-state index is -0.818. The number of thiazole rings is 1. The van der Waals surface area contributed by atoms with Gasteiger partial charge in [0.15, 0.2) is 5.13 Å². The van der Waals surface area contributed by atoms with Crippen LogP contribution < -0.4 is 10.6 Å². The van der Waals surface area contributed by atoms with Crippen LogP contribution in [0.25, 0.3) is 11.1 Å². The normalized spacial score (nSPS) is 12.9. The number of carbonyl (C=O) groups excluding carboxylic acids is 2. The van der Waals surface area contributed by atoms with Crippen LogP contribution >= 0.6 is 11.3 Å². The van der Waals surface area contributed by atoms with Gasteiger partial charge in [0, 0.05) is 18.9 Å². The van der Waals surface area contributed by atoms with Gasteiger partial charge in [0.2, 0.25) is 0 Å². The van der Waals surface area contributed by atoms with Gasteiger partial charge in [-0.1, -0.05) is 66.8 Å². The Morgan fingerprint density at radius 2 is 1.71 bits per heavy atom. The average Bonchev–Trinajstić information content (AvgIpc) is 3.44. The van der Waals surface area contributed by atoms with E-state index in [-0.39, 0.29) is 35.9 Å². The van der Waals surface area contributed by atoms with Gasteiger partial charge >= 0.3 is 12.1 Å². The van der Waals surface area contributed by atoms with Crippen LogP contribution in [0.2, 0.25) is 0 Å². The van der Waals surface area contributed by atoms with E-state index in [2.05, 4.69) is 39.9 Å². The van der Waals surface area contributed by atoms with Crippen molar-refractivity contribution in [1.29, 1.82) is 0 Å². The summed E-state index contributed by atoms with van der Waals surface area (Å²) in [7, 11) is 0. The maximum atomic E-state index is 12.4. The fourth-order valence-corrected chi connectivity index (χ4v) is 4.91. The zero-order valence-corrected chi connectivity index (χ0v) is 20.1. The molecule has 35 heavy (non-hydrogen) atoms. The first-order chi connectivity index (χ1) is 16.9. The Morgan fingerprint density at radius 3 is 2.37 bits per heavy atom. The smallest absolute Gasteiger partial charge is 0.413 e. The molecule has 2 aromatic carbocycles. The molecule has 0 spiro atoms. The second-order valence-electron chi connectivity index (χ2n) is 8.56. The molecule has 9 heteroatoms. The molecule has 1 aliphatic rings. The first kappa shape index (κ1) is 24.4. The van der Waals surface area contributed by atoms with Crippen molar-refractivity contribution in [2.75, 3.05) is 18.5 Å². The summed E-state index contributed by atoms with van der Waals surface area (Å²) < 4.78 is 5.52. The number of amides is 2. The zero-order chi connectivity index (χ0) is 24.8. The number of rotatable bonds is 10. The fourth-order valence-electron chi connectivity index (χ4n) is 4.19. The van der Waals surface area contributed by atoms with Gasteiger partial charge in [0.1, 0.15) is 11.5 Å². The standard InChI is InChI=1S/C26H27N3O5S/c1-16(10-11-23(30)31)12-13-27-24(32)22-14-28-25(35-22)29-26(33)34-15-21-19-8-4-2-6-17(19)18-7-3-5-9-20(18)21/h2-9,14,16,21H,10-13,15H2,1H3,(H,27,32)(H,30,31)(H,28,29,33). The maximum Gasteiger partial charge on any atom is 0.413 e. The molecule has 0 aliphatic heterocycles. The van der Waals surface area contributed by atoms with Crippen LogP contribution in [0.15, 0.2) is 54.7 Å². The molecule has 1 atom stereocenters. The number of nitrogens with one attached hydrogen (secondary N) is 2. The first-order valence-electron chi connectivity index (χ1n) is 11.5. The highest BCUT2D eigenvalue weighted by atomic mass is 32.1. The molecule has 3 aromatic rings. The predicted molar refractivity (Wildman–Crippen MR) is 134 cm³/mol. The number of hydrogen-bond acceptors (Lipinski definition) is 6. The Morgan fingerprint density at radius 1 is 1.06 bits per heavy atom. The number of aromatic nitrogens is 1. The Labute approximate surface area is 207 Å². The van der Waals surface area contributed by atoms with Gasteiger partial charge in [-0.25, -0.2) is 9.78 Å². The average molecular weight is 494 g/mol. The summed E-state index contributed by atoms with van der Waals surface area (Å²) in [6.45, 7) is 2.59. The molecule has 182 valence electrons. The summed E-state index contributed by atoms with van der Waals surface area (Å²) in [6.07, 6.45) is 2.16. The summed E-state index contributed by atoms with van der Waals surface area (Å²) in [5.41, 5.74) is 4.58. The molecule has 0 radical (unpaired) electrons. The monoisotopic (exact) mass is 493 g/mol. The van der Waals surface area contributed by atoms with E-state index in [9.17, 15) is 14.4 Å². The lowest BCUT2D eigenvalue weighted by atomic mass is 9.98. The molecule has 4 rings (SSSR count). The molecule has 1 aromatic heterocycles. The third kappa shape index (κ3) is 6.05. The molecule has 1 unspecified atom stereocenters. The summed E-state index contributed by atoms with van der Waals surface area (Å²) in [5.74, 6) is -0.946. The largest absolute Gasteiger partial charge is 0.481 e. The van der Waals surface area contributed by atoms with Gasteiger partial charge in [0.05, 0.1) is 6.20 Å². The number of anilines is 1. The Kier molecular flexibility index (Phi) is 7.77. The van der Waals surface area contributed by atoms with E-state index in [4.69, 9.17) is 9.84 Å². The van der Waals surface area contributed by atoms with Gasteiger partial charge in [-0.3, -0.25) is 14.9 Å². The molecule has 0 bridgehead atoms. The number of ether oxygens (including phenoxy) is 1. The van der Waals surface area contributed by atoms with Crippen LogP contribution in [-0.4, -0.2) is 41.2 Å². The Balaban J connectivity index is 1.26. The molecule has 2 amide bonds. The molecule has 0 saturated heterocycles. The molecular formula is C26H27N3O5S. The number of hydrogen-bond donors (Lipinski definition) is 3. The van der Waals surface area contributed by atoms with Crippen LogP contribution in [0.3, 0.4) is 0 Å². The Hall–Kier alpha value is -3.72. The number of nitrogens with zero attached hydrogens (tertiary/aromatic N) is 1. The van der Waals surface area contributed by atoms with E-state index < -0.39 is 12.1 Å². The zero-order valence-electron chi connectivity index (χ0n) is 19.3. The molecule has 8 nitrogen and oxygen atoms in total. The van der Waals surface area contributed by atoms with E-state index >= 15 is 0 Å². The maximum absolute atomic E-state index is 12.4. The van der Waals surface area contributed by atoms with Gasteiger partial charge in [0.25, 0.3) is 5.91 Å². The highest BCUT2D eigenvalue weighted by Gasteiger charge is 2.29. The number of carboxylic acids is 1. The third-order valence-corrected chi connectivity index (χ3v) is 6.97. The van der Waals surface area contributed by atoms with Gasteiger partial charge < -0.3 is 15.2 Å². The van der Waals surface area contributed by atoms with Crippen molar-refractivity contribution >= 4 is 34.4 Å². The van der Waals surface area contributed by atoms with Crippen molar-refractivity contribution in [1.82, 2.24) is 10.3 Å². The number of fused-ring (bicyclic) bond motifs is 3. The fraction of sp³-hybridized carbons (Fsp3) is 0.308. The lowest BCUT2D eigenvalue weighted by Gasteiger charge is -2.14. The quantitative estimate of drug-likeness (QED) is 0.361. The highest BCUT2D eigenvalue weighted by molar-refractivity contribution is 7.17. The number of aliphatic carboxylic acids is 1. The summed E-state index contributed by atoms with van der Waals surface area (Å²) >= 11 is 1.06. The first-order valence-corrected chi connectivity index (χ1v) is 12.3. The molecular weight excluding hydrogens is 466 g/mol. The second kappa shape index (κ2) is 11.1. The molecule has 1 aliphatic carbocycles. The van der Waals surface area contributed by atoms with E-state index in [1.54, 1.807) is 0 Å². The van der Waals surface area contributed by atoms with Crippen LogP contribution in [0.4, 0.5) is 9.93 Å². The second-order valence-corrected chi connectivity index (χ2v) is 9.59. The van der Waals surface area contributed by atoms with Crippen molar-refractivity contribution in [3.8, 4) is 11.1 Å². The number of benzene rings is 2. The predicted octanol–water partition coefficient (Wildman–Crippen LogP) is 5.12. The third-order valence-electron chi connectivity index (χ3n) is 6.06. The van der Waals surface area contributed by atoms with Crippen molar-refractivity contribution in [2.24, 2.45) is 5.92 Å². The SMILES string of the molecule is CC(CCNC(=O)c1cnc(NC(=O)OCC2c3ccccc3-c3ccccc32)s1)CCC(=O)O. The molecule has 1 heterocycles. The van der Waals surface area contributed by atoms with Gasteiger partial charge in [-0.15, -0.1) is 0 Å².